The Morgan fingerprint density at radius 1 is 1.09 bits per heavy atom. The first-order valence-corrected chi connectivity index (χ1v) is 10.1. The number of rotatable bonds is 7. The van der Waals surface area contributed by atoms with Crippen molar-refractivity contribution in [2.24, 2.45) is 7.05 Å². The predicted octanol–water partition coefficient (Wildman–Crippen LogP) is 4.44. The second-order valence-corrected chi connectivity index (χ2v) is 7.33. The van der Waals surface area contributed by atoms with Crippen molar-refractivity contribution in [1.29, 1.82) is 0 Å². The molecular weight excluding hydrogens is 402 g/mol. The average Bonchev–Trinajstić information content (AvgIpc) is 3.17. The van der Waals surface area contributed by atoms with Gasteiger partial charge in [-0.2, -0.15) is 5.10 Å². The number of anilines is 1. The maximum absolute atomic E-state index is 12.8. The maximum Gasteiger partial charge on any atom is 0.228 e. The van der Waals surface area contributed by atoms with Gasteiger partial charge in [0.2, 0.25) is 5.91 Å². The second-order valence-electron chi connectivity index (χ2n) is 7.33. The Balaban J connectivity index is 1.55. The van der Waals surface area contributed by atoms with Crippen LogP contribution in [0.15, 0.2) is 66.9 Å². The summed E-state index contributed by atoms with van der Waals surface area (Å²) in [4.78, 5) is 12.8. The van der Waals surface area contributed by atoms with E-state index in [2.05, 4.69) is 22.4 Å². The molecule has 1 amide bonds. The van der Waals surface area contributed by atoms with Crippen molar-refractivity contribution in [3.8, 4) is 35.1 Å². The number of methoxy groups -OCH3 is 1. The molecule has 3 aromatic carbocycles. The molecule has 0 unspecified atom stereocenters. The summed E-state index contributed by atoms with van der Waals surface area (Å²) in [5, 5.41) is 9.77. The van der Waals surface area contributed by atoms with E-state index in [1.165, 1.54) is 0 Å². The molecule has 0 atom stereocenters. The van der Waals surface area contributed by atoms with E-state index >= 15 is 0 Å². The van der Waals surface area contributed by atoms with E-state index in [1.54, 1.807) is 24.1 Å². The second kappa shape index (κ2) is 9.27. The van der Waals surface area contributed by atoms with Crippen LogP contribution >= 0.6 is 0 Å². The van der Waals surface area contributed by atoms with Gasteiger partial charge in [-0.05, 0) is 34.5 Å². The molecule has 4 aromatic rings. The molecule has 1 aromatic heterocycles. The van der Waals surface area contributed by atoms with Crippen LogP contribution in [0.1, 0.15) is 5.56 Å². The van der Waals surface area contributed by atoms with Gasteiger partial charge in [0.25, 0.3) is 0 Å². The highest BCUT2D eigenvalue weighted by Crippen LogP contribution is 2.34. The molecule has 0 aliphatic heterocycles. The third kappa shape index (κ3) is 4.57. The van der Waals surface area contributed by atoms with Crippen molar-refractivity contribution in [2.75, 3.05) is 19.0 Å². The summed E-state index contributed by atoms with van der Waals surface area (Å²) in [6.45, 7) is 0.148. The number of ether oxygens (including phenoxy) is 2. The Labute approximate surface area is 186 Å². The number of aromatic nitrogens is 2. The highest BCUT2D eigenvalue weighted by molar-refractivity contribution is 5.96. The number of hydrogen-bond donors (Lipinski definition) is 1. The summed E-state index contributed by atoms with van der Waals surface area (Å²) in [5.41, 5.74) is 3.00. The molecule has 4 rings (SSSR count). The predicted molar refractivity (Wildman–Crippen MR) is 126 cm³/mol. The number of carbonyl (C=O) groups is 1. The zero-order valence-corrected chi connectivity index (χ0v) is 18.0. The van der Waals surface area contributed by atoms with E-state index < -0.39 is 0 Å². The fraction of sp³-hybridized carbons (Fsp3) is 0.154. The molecule has 0 bridgehead atoms. The number of hydrogen-bond acceptors (Lipinski definition) is 4. The summed E-state index contributed by atoms with van der Waals surface area (Å²) in [5.74, 6) is 3.41. The number of fused-ring (bicyclic) bond motifs is 1. The van der Waals surface area contributed by atoms with E-state index in [0.29, 0.717) is 22.9 Å². The molecule has 32 heavy (non-hydrogen) atoms. The fourth-order valence-electron chi connectivity index (χ4n) is 3.58. The Hall–Kier alpha value is -4.24. The van der Waals surface area contributed by atoms with Gasteiger partial charge in [0.15, 0.2) is 11.5 Å². The van der Waals surface area contributed by atoms with Crippen LogP contribution in [-0.2, 0) is 18.3 Å². The van der Waals surface area contributed by atoms with Crippen LogP contribution in [0.2, 0.25) is 0 Å². The molecule has 0 aliphatic carbocycles. The van der Waals surface area contributed by atoms with Crippen molar-refractivity contribution >= 4 is 22.4 Å². The molecule has 0 spiro atoms. The minimum Gasteiger partial charge on any atom is -0.493 e. The van der Waals surface area contributed by atoms with Crippen LogP contribution in [0.4, 0.5) is 5.69 Å². The fourth-order valence-corrected chi connectivity index (χ4v) is 3.58. The SMILES string of the molecule is C#CCOc1ccc(-c2nn(C)cc2NC(=O)Cc2ccc3ccccc3c2)cc1OC. The summed E-state index contributed by atoms with van der Waals surface area (Å²) < 4.78 is 12.6. The molecule has 0 radical (unpaired) electrons. The molecule has 6 heteroatoms. The average molecular weight is 425 g/mol. The monoisotopic (exact) mass is 425 g/mol. The first-order valence-electron chi connectivity index (χ1n) is 10.1. The number of carbonyl (C=O) groups excluding carboxylic acids is 1. The Morgan fingerprint density at radius 3 is 2.69 bits per heavy atom. The van der Waals surface area contributed by atoms with Crippen molar-refractivity contribution in [3.63, 3.8) is 0 Å². The lowest BCUT2D eigenvalue weighted by Crippen LogP contribution is -2.14. The molecule has 0 aliphatic rings. The number of benzene rings is 3. The normalized spacial score (nSPS) is 10.5. The number of terminal acetylenes is 1. The smallest absolute Gasteiger partial charge is 0.228 e. The summed E-state index contributed by atoms with van der Waals surface area (Å²) in [6, 6.07) is 19.6. The van der Waals surface area contributed by atoms with Gasteiger partial charge in [-0.15, -0.1) is 6.42 Å². The molecule has 1 heterocycles. The summed E-state index contributed by atoms with van der Waals surface area (Å²) >= 11 is 0. The minimum atomic E-state index is -0.115. The van der Waals surface area contributed by atoms with Crippen LogP contribution in [0, 0.1) is 12.3 Å². The highest BCUT2D eigenvalue weighted by Gasteiger charge is 2.16. The Kier molecular flexibility index (Phi) is 6.09. The van der Waals surface area contributed by atoms with Gasteiger partial charge >= 0.3 is 0 Å². The van der Waals surface area contributed by atoms with E-state index in [0.717, 1.165) is 21.9 Å². The van der Waals surface area contributed by atoms with Crippen molar-refractivity contribution in [1.82, 2.24) is 9.78 Å². The lowest BCUT2D eigenvalue weighted by atomic mass is 10.0. The topological polar surface area (TPSA) is 65.4 Å². The van der Waals surface area contributed by atoms with Gasteiger partial charge in [-0.3, -0.25) is 9.48 Å². The molecule has 0 fully saturated rings. The Bertz CT molecular complexity index is 1320. The van der Waals surface area contributed by atoms with Gasteiger partial charge in [0, 0.05) is 18.8 Å². The molecule has 1 N–H and O–H groups in total. The van der Waals surface area contributed by atoms with Gasteiger partial charge in [-0.1, -0.05) is 48.4 Å². The summed E-state index contributed by atoms with van der Waals surface area (Å²) in [7, 11) is 3.37. The standard InChI is InChI=1S/C26H23N3O3/c1-4-13-32-23-12-11-21(16-24(23)31-3)26-22(17-29(2)28-26)27-25(30)15-18-9-10-19-7-5-6-8-20(19)14-18/h1,5-12,14,16-17H,13,15H2,2-3H3,(H,27,30). The van der Waals surface area contributed by atoms with Crippen LogP contribution in [0.25, 0.3) is 22.0 Å². The van der Waals surface area contributed by atoms with E-state index in [1.807, 2.05) is 55.6 Å². The molecular formula is C26H23N3O3. The lowest BCUT2D eigenvalue weighted by molar-refractivity contribution is -0.115. The van der Waals surface area contributed by atoms with Crippen molar-refractivity contribution in [3.05, 3.63) is 72.4 Å². The lowest BCUT2D eigenvalue weighted by Gasteiger charge is -2.11. The first-order chi connectivity index (χ1) is 15.6. The zero-order chi connectivity index (χ0) is 22.5. The zero-order valence-electron chi connectivity index (χ0n) is 18.0. The van der Waals surface area contributed by atoms with Crippen LogP contribution < -0.4 is 14.8 Å². The molecule has 0 saturated carbocycles. The van der Waals surface area contributed by atoms with E-state index in [-0.39, 0.29) is 18.9 Å². The number of amides is 1. The summed E-state index contributed by atoms with van der Waals surface area (Å²) in [6.07, 6.45) is 7.32. The van der Waals surface area contributed by atoms with Crippen molar-refractivity contribution < 1.29 is 14.3 Å². The number of nitrogens with zero attached hydrogens (tertiary/aromatic N) is 2. The van der Waals surface area contributed by atoms with Crippen LogP contribution in [0.5, 0.6) is 11.5 Å². The highest BCUT2D eigenvalue weighted by atomic mass is 16.5. The first kappa shape index (κ1) is 21.0. The van der Waals surface area contributed by atoms with Crippen LogP contribution in [0.3, 0.4) is 0 Å². The Morgan fingerprint density at radius 2 is 1.91 bits per heavy atom. The van der Waals surface area contributed by atoms with Crippen LogP contribution in [-0.4, -0.2) is 29.4 Å². The van der Waals surface area contributed by atoms with Crippen molar-refractivity contribution in [2.45, 2.75) is 6.42 Å². The van der Waals surface area contributed by atoms with E-state index in [4.69, 9.17) is 15.9 Å². The van der Waals surface area contributed by atoms with Gasteiger partial charge in [0.05, 0.1) is 19.2 Å². The van der Waals surface area contributed by atoms with Gasteiger partial charge in [-0.25, -0.2) is 0 Å². The third-order valence-corrected chi connectivity index (χ3v) is 5.03. The number of nitrogens with one attached hydrogen (secondary N) is 1. The van der Waals surface area contributed by atoms with Gasteiger partial charge in [0.1, 0.15) is 12.3 Å². The molecule has 6 nitrogen and oxygen atoms in total. The largest absolute Gasteiger partial charge is 0.493 e. The third-order valence-electron chi connectivity index (χ3n) is 5.03. The molecule has 160 valence electrons. The van der Waals surface area contributed by atoms with E-state index in [9.17, 15) is 4.79 Å². The van der Waals surface area contributed by atoms with Gasteiger partial charge < -0.3 is 14.8 Å². The quantitative estimate of drug-likeness (QED) is 0.445. The maximum atomic E-state index is 12.8. The number of aryl methyl sites for hydroxylation is 1. The molecule has 0 saturated heterocycles. The minimum absolute atomic E-state index is 0.115.